The number of aromatic nitrogens is 2. The molecular weight excluding hydrogens is 292 g/mol. The molecule has 2 heterocycles. The zero-order valence-corrected chi connectivity index (χ0v) is 13.3. The van der Waals surface area contributed by atoms with Crippen molar-refractivity contribution < 1.29 is 9.53 Å². The Hall–Kier alpha value is -2.47. The van der Waals surface area contributed by atoms with Gasteiger partial charge < -0.3 is 15.0 Å². The van der Waals surface area contributed by atoms with Crippen molar-refractivity contribution in [2.75, 3.05) is 30.5 Å². The molecule has 0 aliphatic carbocycles. The molecule has 1 atom stereocenters. The van der Waals surface area contributed by atoms with E-state index in [-0.39, 0.29) is 11.9 Å². The molecule has 1 aromatic carbocycles. The molecule has 1 unspecified atom stereocenters. The maximum atomic E-state index is 12.8. The number of amides is 1. The number of carbonyl (C=O) groups excluding carboxylic acids is 1. The van der Waals surface area contributed by atoms with Crippen molar-refractivity contribution in [2.45, 2.75) is 19.4 Å². The number of hydrogen-bond donors (Lipinski definition) is 1. The summed E-state index contributed by atoms with van der Waals surface area (Å²) >= 11 is 0. The summed E-state index contributed by atoms with van der Waals surface area (Å²) in [4.78, 5) is 23.0. The van der Waals surface area contributed by atoms with Gasteiger partial charge in [0, 0.05) is 37.8 Å². The average molecular weight is 312 g/mol. The Kier molecular flexibility index (Phi) is 4.52. The molecule has 2 aromatic rings. The highest BCUT2D eigenvalue weighted by molar-refractivity contribution is 6.07. The smallest absolute Gasteiger partial charge is 0.261 e. The molecule has 0 saturated heterocycles. The Morgan fingerprint density at radius 2 is 2.09 bits per heavy atom. The molecule has 1 amide bonds. The van der Waals surface area contributed by atoms with Crippen LogP contribution >= 0.6 is 0 Å². The van der Waals surface area contributed by atoms with Gasteiger partial charge in [-0.2, -0.15) is 0 Å². The van der Waals surface area contributed by atoms with Gasteiger partial charge in [0.1, 0.15) is 0 Å². The Balaban J connectivity index is 1.76. The first kappa shape index (κ1) is 15.4. The van der Waals surface area contributed by atoms with E-state index in [0.717, 1.165) is 12.1 Å². The lowest BCUT2D eigenvalue weighted by molar-refractivity contribution is 0.0981. The third kappa shape index (κ3) is 3.17. The minimum atomic E-state index is -0.0640. The number of rotatable bonds is 5. The number of anilines is 2. The van der Waals surface area contributed by atoms with Crippen LogP contribution in [-0.4, -0.2) is 42.2 Å². The fraction of sp³-hybridized carbons (Fsp3) is 0.353. The molecule has 0 saturated carbocycles. The number of nitrogens with one attached hydrogen (secondary N) is 1. The number of benzene rings is 1. The highest BCUT2D eigenvalue weighted by Gasteiger charge is 2.31. The predicted octanol–water partition coefficient (Wildman–Crippen LogP) is 2.13. The van der Waals surface area contributed by atoms with Gasteiger partial charge in [0.05, 0.1) is 12.2 Å². The molecule has 0 spiro atoms. The van der Waals surface area contributed by atoms with Crippen LogP contribution in [0.3, 0.4) is 0 Å². The first-order chi connectivity index (χ1) is 11.2. The summed E-state index contributed by atoms with van der Waals surface area (Å²) in [5.74, 6) is 0.430. The van der Waals surface area contributed by atoms with Gasteiger partial charge in [0.25, 0.3) is 5.91 Å². The second-order valence-electron chi connectivity index (χ2n) is 5.57. The van der Waals surface area contributed by atoms with Crippen LogP contribution < -0.4 is 10.2 Å². The van der Waals surface area contributed by atoms with Crippen molar-refractivity contribution in [3.05, 3.63) is 47.8 Å². The molecule has 6 heteroatoms. The molecule has 1 aliphatic rings. The SMILES string of the molecule is COCCNc1ncc(C(=O)N2c3ccccc3CC2C)cn1. The summed E-state index contributed by atoms with van der Waals surface area (Å²) in [6.45, 7) is 3.26. The van der Waals surface area contributed by atoms with E-state index in [9.17, 15) is 4.79 Å². The molecule has 6 nitrogen and oxygen atoms in total. The van der Waals surface area contributed by atoms with E-state index in [2.05, 4.69) is 28.3 Å². The monoisotopic (exact) mass is 312 g/mol. The van der Waals surface area contributed by atoms with Crippen LogP contribution in [0.1, 0.15) is 22.8 Å². The van der Waals surface area contributed by atoms with E-state index in [4.69, 9.17) is 4.74 Å². The second kappa shape index (κ2) is 6.75. The maximum absolute atomic E-state index is 12.8. The molecule has 120 valence electrons. The van der Waals surface area contributed by atoms with Gasteiger partial charge in [-0.25, -0.2) is 9.97 Å². The number of ether oxygens (including phenoxy) is 1. The van der Waals surface area contributed by atoms with E-state index in [0.29, 0.717) is 24.7 Å². The molecule has 1 aliphatic heterocycles. The summed E-state index contributed by atoms with van der Waals surface area (Å²) in [7, 11) is 1.64. The van der Waals surface area contributed by atoms with E-state index in [1.807, 2.05) is 23.1 Å². The normalized spacial score (nSPS) is 16.3. The van der Waals surface area contributed by atoms with Crippen LogP contribution in [0.25, 0.3) is 0 Å². The van der Waals surface area contributed by atoms with Crippen molar-refractivity contribution in [3.8, 4) is 0 Å². The number of hydrogen-bond acceptors (Lipinski definition) is 5. The fourth-order valence-electron chi connectivity index (χ4n) is 2.81. The zero-order valence-electron chi connectivity index (χ0n) is 13.3. The van der Waals surface area contributed by atoms with Crippen LogP contribution in [0, 0.1) is 0 Å². The van der Waals surface area contributed by atoms with Gasteiger partial charge in [-0.1, -0.05) is 18.2 Å². The van der Waals surface area contributed by atoms with E-state index < -0.39 is 0 Å². The molecular formula is C17H20N4O2. The number of carbonyl (C=O) groups is 1. The highest BCUT2D eigenvalue weighted by Crippen LogP contribution is 2.32. The maximum Gasteiger partial charge on any atom is 0.261 e. The van der Waals surface area contributed by atoms with Crippen molar-refractivity contribution in [2.24, 2.45) is 0 Å². The minimum Gasteiger partial charge on any atom is -0.383 e. The summed E-state index contributed by atoms with van der Waals surface area (Å²) in [6.07, 6.45) is 4.01. The summed E-state index contributed by atoms with van der Waals surface area (Å²) in [5, 5.41) is 3.03. The van der Waals surface area contributed by atoms with Gasteiger partial charge in [0.2, 0.25) is 5.95 Å². The Morgan fingerprint density at radius 3 is 2.83 bits per heavy atom. The Bertz CT molecular complexity index is 687. The lowest BCUT2D eigenvalue weighted by Gasteiger charge is -2.22. The van der Waals surface area contributed by atoms with Crippen molar-refractivity contribution in [3.63, 3.8) is 0 Å². The molecule has 3 rings (SSSR count). The first-order valence-electron chi connectivity index (χ1n) is 7.67. The molecule has 0 fully saturated rings. The average Bonchev–Trinajstić information content (AvgIpc) is 2.91. The Labute approximate surface area is 135 Å². The second-order valence-corrected chi connectivity index (χ2v) is 5.57. The van der Waals surface area contributed by atoms with E-state index in [1.54, 1.807) is 19.5 Å². The summed E-state index contributed by atoms with van der Waals surface area (Å²) in [6, 6.07) is 8.15. The van der Waals surface area contributed by atoms with Crippen molar-refractivity contribution >= 4 is 17.5 Å². The van der Waals surface area contributed by atoms with Gasteiger partial charge in [0.15, 0.2) is 0 Å². The topological polar surface area (TPSA) is 67.3 Å². The third-order valence-electron chi connectivity index (χ3n) is 3.91. The largest absolute Gasteiger partial charge is 0.383 e. The Morgan fingerprint density at radius 1 is 1.35 bits per heavy atom. The standard InChI is InChI=1S/C17H20N4O2/c1-12-9-13-5-3-4-6-15(13)21(12)16(22)14-10-19-17(20-11-14)18-7-8-23-2/h3-6,10-12H,7-9H2,1-2H3,(H,18,19,20). The van der Waals surface area contributed by atoms with Crippen LogP contribution in [0.2, 0.25) is 0 Å². The number of methoxy groups -OCH3 is 1. The third-order valence-corrected chi connectivity index (χ3v) is 3.91. The first-order valence-corrected chi connectivity index (χ1v) is 7.67. The number of fused-ring (bicyclic) bond motifs is 1. The molecule has 0 radical (unpaired) electrons. The van der Waals surface area contributed by atoms with Crippen LogP contribution in [0.15, 0.2) is 36.7 Å². The molecule has 1 aromatic heterocycles. The fourth-order valence-corrected chi connectivity index (χ4v) is 2.81. The lowest BCUT2D eigenvalue weighted by atomic mass is 10.1. The van der Waals surface area contributed by atoms with Gasteiger partial charge in [-0.05, 0) is 25.0 Å². The summed E-state index contributed by atoms with van der Waals surface area (Å²) < 4.78 is 4.96. The van der Waals surface area contributed by atoms with Crippen molar-refractivity contribution in [1.29, 1.82) is 0 Å². The van der Waals surface area contributed by atoms with E-state index in [1.165, 1.54) is 5.56 Å². The van der Waals surface area contributed by atoms with Gasteiger partial charge >= 0.3 is 0 Å². The molecule has 23 heavy (non-hydrogen) atoms. The van der Waals surface area contributed by atoms with Crippen molar-refractivity contribution in [1.82, 2.24) is 9.97 Å². The van der Waals surface area contributed by atoms with Gasteiger partial charge in [-0.3, -0.25) is 4.79 Å². The van der Waals surface area contributed by atoms with E-state index >= 15 is 0 Å². The minimum absolute atomic E-state index is 0.0640. The highest BCUT2D eigenvalue weighted by atomic mass is 16.5. The van der Waals surface area contributed by atoms with Crippen LogP contribution in [0.5, 0.6) is 0 Å². The van der Waals surface area contributed by atoms with Crippen LogP contribution in [0.4, 0.5) is 11.6 Å². The van der Waals surface area contributed by atoms with Crippen LogP contribution in [-0.2, 0) is 11.2 Å². The summed E-state index contributed by atoms with van der Waals surface area (Å²) in [5.41, 5.74) is 2.67. The number of para-hydroxylation sites is 1. The molecule has 1 N–H and O–H groups in total. The quantitative estimate of drug-likeness (QED) is 0.857. The lowest BCUT2D eigenvalue weighted by Crippen LogP contribution is -2.35. The van der Waals surface area contributed by atoms with Gasteiger partial charge in [-0.15, -0.1) is 0 Å². The predicted molar refractivity (Wildman–Crippen MR) is 88.8 cm³/mol. The number of nitrogens with zero attached hydrogens (tertiary/aromatic N) is 3. The zero-order chi connectivity index (χ0) is 16.2. The molecule has 0 bridgehead atoms.